The lowest BCUT2D eigenvalue weighted by atomic mass is 10.2. The molecule has 0 bridgehead atoms. The highest BCUT2D eigenvalue weighted by atomic mass is 35.5. The standard InChI is InChI=1S/C13H7Cl2NOS2/c14-11-5-9(12(15)19-11)10-6-18-13(16-10)7-2-1-3-8(17)4-7/h1-6,17H. The molecule has 96 valence electrons. The molecule has 0 aliphatic carbocycles. The van der Waals surface area contributed by atoms with E-state index < -0.39 is 0 Å². The van der Waals surface area contributed by atoms with E-state index in [1.165, 1.54) is 22.7 Å². The molecule has 0 saturated heterocycles. The molecule has 3 aromatic rings. The topological polar surface area (TPSA) is 33.1 Å². The molecule has 19 heavy (non-hydrogen) atoms. The SMILES string of the molecule is Oc1cccc(-c2nc(-c3cc(Cl)sc3Cl)cs2)c1. The smallest absolute Gasteiger partial charge is 0.124 e. The molecule has 1 N–H and O–H groups in total. The highest BCUT2D eigenvalue weighted by Crippen LogP contribution is 2.39. The molecule has 0 saturated carbocycles. The van der Waals surface area contributed by atoms with E-state index >= 15 is 0 Å². The molecule has 0 radical (unpaired) electrons. The molecule has 2 nitrogen and oxygen atoms in total. The average Bonchev–Trinajstić information content (AvgIpc) is 2.96. The van der Waals surface area contributed by atoms with Gasteiger partial charge in [0.2, 0.25) is 0 Å². The number of thiazole rings is 1. The van der Waals surface area contributed by atoms with Gasteiger partial charge in [-0.15, -0.1) is 22.7 Å². The van der Waals surface area contributed by atoms with E-state index in [4.69, 9.17) is 23.2 Å². The van der Waals surface area contributed by atoms with Crippen LogP contribution in [0.4, 0.5) is 0 Å². The van der Waals surface area contributed by atoms with Crippen molar-refractivity contribution in [2.24, 2.45) is 0 Å². The van der Waals surface area contributed by atoms with Gasteiger partial charge in [-0.05, 0) is 18.2 Å². The quantitative estimate of drug-likeness (QED) is 0.669. The fraction of sp³-hybridized carbons (Fsp3) is 0. The zero-order valence-corrected chi connectivity index (χ0v) is 12.6. The van der Waals surface area contributed by atoms with E-state index in [2.05, 4.69) is 4.98 Å². The van der Waals surface area contributed by atoms with Crippen molar-refractivity contribution >= 4 is 45.9 Å². The number of phenolic OH excluding ortho intramolecular Hbond substituents is 1. The predicted molar refractivity (Wildman–Crippen MR) is 82.5 cm³/mol. The molecule has 1 aromatic carbocycles. The Kier molecular flexibility index (Phi) is 3.50. The van der Waals surface area contributed by atoms with Gasteiger partial charge in [0.15, 0.2) is 0 Å². The third-order valence-corrected chi connectivity index (χ3v) is 4.91. The summed E-state index contributed by atoms with van der Waals surface area (Å²) in [6.45, 7) is 0. The van der Waals surface area contributed by atoms with Crippen LogP contribution in [-0.4, -0.2) is 10.1 Å². The summed E-state index contributed by atoms with van der Waals surface area (Å²) in [5, 5.41) is 12.3. The van der Waals surface area contributed by atoms with E-state index in [9.17, 15) is 5.11 Å². The minimum Gasteiger partial charge on any atom is -0.508 e. The van der Waals surface area contributed by atoms with Gasteiger partial charge in [0.25, 0.3) is 0 Å². The van der Waals surface area contributed by atoms with E-state index in [0.29, 0.717) is 8.67 Å². The van der Waals surface area contributed by atoms with Crippen molar-refractivity contribution in [1.82, 2.24) is 4.98 Å². The molecule has 0 aliphatic rings. The van der Waals surface area contributed by atoms with Crippen LogP contribution in [0.5, 0.6) is 5.75 Å². The van der Waals surface area contributed by atoms with Crippen molar-refractivity contribution < 1.29 is 5.11 Å². The zero-order chi connectivity index (χ0) is 13.4. The molecule has 3 rings (SSSR count). The van der Waals surface area contributed by atoms with E-state index in [-0.39, 0.29) is 5.75 Å². The van der Waals surface area contributed by atoms with Crippen LogP contribution in [0.15, 0.2) is 35.7 Å². The Morgan fingerprint density at radius 1 is 1.16 bits per heavy atom. The Balaban J connectivity index is 2.02. The molecule has 6 heteroatoms. The van der Waals surface area contributed by atoms with Crippen LogP contribution < -0.4 is 0 Å². The first-order chi connectivity index (χ1) is 9.13. The highest BCUT2D eigenvalue weighted by molar-refractivity contribution is 7.20. The molecule has 0 atom stereocenters. The van der Waals surface area contributed by atoms with Crippen molar-refractivity contribution in [3.05, 3.63) is 44.4 Å². The van der Waals surface area contributed by atoms with E-state index in [0.717, 1.165) is 21.8 Å². The monoisotopic (exact) mass is 327 g/mol. The Morgan fingerprint density at radius 3 is 2.68 bits per heavy atom. The molecule has 0 amide bonds. The Bertz CT molecular complexity index is 736. The first kappa shape index (κ1) is 12.9. The first-order valence-electron chi connectivity index (χ1n) is 5.33. The van der Waals surface area contributed by atoms with Crippen LogP contribution >= 0.6 is 45.9 Å². The Labute approximate surface area is 127 Å². The van der Waals surface area contributed by atoms with Crippen LogP contribution in [0.3, 0.4) is 0 Å². The van der Waals surface area contributed by atoms with Gasteiger partial charge in [0.1, 0.15) is 15.1 Å². The van der Waals surface area contributed by atoms with Crippen molar-refractivity contribution in [3.63, 3.8) is 0 Å². The summed E-state index contributed by atoms with van der Waals surface area (Å²) < 4.78 is 1.28. The zero-order valence-electron chi connectivity index (χ0n) is 9.43. The summed E-state index contributed by atoms with van der Waals surface area (Å²) in [6, 6.07) is 8.83. The summed E-state index contributed by atoms with van der Waals surface area (Å²) in [6.07, 6.45) is 0. The number of halogens is 2. The molecular weight excluding hydrogens is 321 g/mol. The van der Waals surface area contributed by atoms with Crippen molar-refractivity contribution in [2.45, 2.75) is 0 Å². The van der Waals surface area contributed by atoms with E-state index in [1.54, 1.807) is 18.2 Å². The normalized spacial score (nSPS) is 10.8. The fourth-order valence-electron chi connectivity index (χ4n) is 1.68. The van der Waals surface area contributed by atoms with Gasteiger partial charge in [-0.25, -0.2) is 4.98 Å². The predicted octanol–water partition coefficient (Wildman–Crippen LogP) is 5.55. The fourth-order valence-corrected chi connectivity index (χ4v) is 3.98. The number of nitrogens with zero attached hydrogens (tertiary/aromatic N) is 1. The molecular formula is C13H7Cl2NOS2. The second kappa shape index (κ2) is 5.13. The third-order valence-electron chi connectivity index (χ3n) is 2.53. The highest BCUT2D eigenvalue weighted by Gasteiger charge is 2.12. The second-order valence-electron chi connectivity index (χ2n) is 3.83. The number of rotatable bonds is 2. The lowest BCUT2D eigenvalue weighted by Gasteiger charge is -1.97. The maximum atomic E-state index is 9.49. The van der Waals surface area contributed by atoms with Gasteiger partial charge < -0.3 is 5.11 Å². The van der Waals surface area contributed by atoms with E-state index in [1.807, 2.05) is 17.5 Å². The van der Waals surface area contributed by atoms with Gasteiger partial charge in [0, 0.05) is 16.5 Å². The minimum absolute atomic E-state index is 0.228. The Hall–Kier alpha value is -1.07. The maximum Gasteiger partial charge on any atom is 0.124 e. The van der Waals surface area contributed by atoms with Gasteiger partial charge in [-0.2, -0.15) is 0 Å². The Morgan fingerprint density at radius 2 is 2.00 bits per heavy atom. The summed E-state index contributed by atoms with van der Waals surface area (Å²) in [4.78, 5) is 4.54. The van der Waals surface area contributed by atoms with Crippen molar-refractivity contribution in [1.29, 1.82) is 0 Å². The summed E-state index contributed by atoms with van der Waals surface area (Å²) in [5.74, 6) is 0.228. The lowest BCUT2D eigenvalue weighted by molar-refractivity contribution is 0.475. The molecule has 0 aliphatic heterocycles. The van der Waals surface area contributed by atoms with Crippen LogP contribution in [0.2, 0.25) is 8.67 Å². The number of aromatic nitrogens is 1. The lowest BCUT2D eigenvalue weighted by Crippen LogP contribution is -1.78. The summed E-state index contributed by atoms with van der Waals surface area (Å²) >= 11 is 14.9. The summed E-state index contributed by atoms with van der Waals surface area (Å²) in [5.41, 5.74) is 2.53. The van der Waals surface area contributed by atoms with Gasteiger partial charge in [-0.3, -0.25) is 0 Å². The largest absolute Gasteiger partial charge is 0.508 e. The van der Waals surface area contributed by atoms with Crippen LogP contribution in [-0.2, 0) is 0 Å². The molecule has 0 spiro atoms. The van der Waals surface area contributed by atoms with Crippen LogP contribution in [0.1, 0.15) is 0 Å². The molecule has 0 unspecified atom stereocenters. The first-order valence-corrected chi connectivity index (χ1v) is 7.79. The van der Waals surface area contributed by atoms with Gasteiger partial charge in [-0.1, -0.05) is 35.3 Å². The number of aromatic hydroxyl groups is 1. The van der Waals surface area contributed by atoms with Crippen LogP contribution in [0.25, 0.3) is 21.8 Å². The van der Waals surface area contributed by atoms with Crippen LogP contribution in [0, 0.1) is 0 Å². The van der Waals surface area contributed by atoms with Gasteiger partial charge in [0.05, 0.1) is 10.0 Å². The maximum absolute atomic E-state index is 9.49. The number of hydrogen-bond acceptors (Lipinski definition) is 4. The number of phenols is 1. The molecule has 2 aromatic heterocycles. The number of benzene rings is 1. The third kappa shape index (κ3) is 2.62. The van der Waals surface area contributed by atoms with Gasteiger partial charge >= 0.3 is 0 Å². The van der Waals surface area contributed by atoms with Crippen molar-refractivity contribution in [2.75, 3.05) is 0 Å². The average molecular weight is 328 g/mol. The minimum atomic E-state index is 0.228. The summed E-state index contributed by atoms with van der Waals surface area (Å²) in [7, 11) is 0. The number of hydrogen-bond donors (Lipinski definition) is 1. The second-order valence-corrected chi connectivity index (χ2v) is 6.97. The van der Waals surface area contributed by atoms with Crippen molar-refractivity contribution in [3.8, 4) is 27.6 Å². The number of thiophene rings is 1. The molecule has 0 fully saturated rings. The molecule has 2 heterocycles.